The summed E-state index contributed by atoms with van der Waals surface area (Å²) in [4.78, 5) is 11.7. The molecule has 27 heavy (non-hydrogen) atoms. The van der Waals surface area contributed by atoms with Crippen molar-refractivity contribution in [3.8, 4) is 0 Å². The van der Waals surface area contributed by atoms with E-state index in [2.05, 4.69) is 49.7 Å². The molecule has 0 aliphatic carbocycles. The van der Waals surface area contributed by atoms with Crippen LogP contribution >= 0.6 is 0 Å². The van der Waals surface area contributed by atoms with Gasteiger partial charge in [-0.05, 0) is 37.1 Å². The second-order valence-corrected chi connectivity index (χ2v) is 6.83. The smallest absolute Gasteiger partial charge is 0.160 e. The van der Waals surface area contributed by atoms with Crippen LogP contribution in [0.1, 0.15) is 24.8 Å². The van der Waals surface area contributed by atoms with Crippen molar-refractivity contribution in [3.63, 3.8) is 0 Å². The topological polar surface area (TPSA) is 88.2 Å². The Morgan fingerprint density at radius 2 is 1.93 bits per heavy atom. The minimum Gasteiger partial charge on any atom is -0.378 e. The number of hydrogen-bond donors (Lipinski definition) is 2. The van der Waals surface area contributed by atoms with Crippen LogP contribution in [0, 0.1) is 0 Å². The number of hydrogen-bond acceptors (Lipinski definition) is 7. The fourth-order valence-electron chi connectivity index (χ4n) is 3.59. The van der Waals surface area contributed by atoms with E-state index in [1.165, 1.54) is 5.69 Å². The number of ether oxygens (including phenoxy) is 2. The van der Waals surface area contributed by atoms with Crippen LogP contribution in [0.3, 0.4) is 0 Å². The van der Waals surface area contributed by atoms with Gasteiger partial charge < -0.3 is 19.7 Å². The number of fused-ring (bicyclic) bond motifs is 1. The Balaban J connectivity index is 1.41. The number of morpholine rings is 1. The summed E-state index contributed by atoms with van der Waals surface area (Å²) in [5.41, 5.74) is 3.77. The summed E-state index contributed by atoms with van der Waals surface area (Å²) < 4.78 is 11.2. The molecule has 4 heterocycles. The lowest BCUT2D eigenvalue weighted by atomic mass is 10.2. The number of nitrogens with zero attached hydrogens (tertiary/aromatic N) is 4. The average molecular weight is 366 g/mol. The van der Waals surface area contributed by atoms with Crippen molar-refractivity contribution in [2.45, 2.75) is 18.9 Å². The second-order valence-electron chi connectivity index (χ2n) is 6.83. The van der Waals surface area contributed by atoms with Gasteiger partial charge in [0, 0.05) is 31.1 Å². The van der Waals surface area contributed by atoms with E-state index >= 15 is 0 Å². The Morgan fingerprint density at radius 3 is 2.70 bits per heavy atom. The summed E-state index contributed by atoms with van der Waals surface area (Å²) in [6, 6.07) is 8.39. The molecule has 2 aliphatic rings. The molecule has 2 aromatic heterocycles. The first-order valence-electron chi connectivity index (χ1n) is 9.39. The van der Waals surface area contributed by atoms with E-state index in [0.717, 1.165) is 68.3 Å². The number of benzene rings is 1. The molecule has 1 atom stereocenters. The average Bonchev–Trinajstić information content (AvgIpc) is 3.41. The fraction of sp³-hybridized carbons (Fsp3) is 0.421. The molecule has 8 heteroatoms. The maximum atomic E-state index is 5.75. The fourth-order valence-corrected chi connectivity index (χ4v) is 3.59. The molecular formula is C19H22N6O2. The lowest BCUT2D eigenvalue weighted by Gasteiger charge is -2.28. The summed E-state index contributed by atoms with van der Waals surface area (Å²) in [7, 11) is 0. The van der Waals surface area contributed by atoms with Crippen molar-refractivity contribution < 1.29 is 9.47 Å². The number of aromatic amines is 1. The van der Waals surface area contributed by atoms with Crippen LogP contribution in [-0.4, -0.2) is 53.1 Å². The van der Waals surface area contributed by atoms with E-state index in [1.54, 1.807) is 6.20 Å². The number of anilines is 3. The Bertz CT molecular complexity index is 914. The number of H-pyrrole nitrogens is 1. The molecule has 2 N–H and O–H groups in total. The van der Waals surface area contributed by atoms with Gasteiger partial charge in [0.15, 0.2) is 11.6 Å². The molecule has 1 unspecified atom stereocenters. The van der Waals surface area contributed by atoms with Crippen LogP contribution in [0.25, 0.3) is 11.0 Å². The minimum atomic E-state index is -0.0338. The summed E-state index contributed by atoms with van der Waals surface area (Å²) in [5, 5.41) is 10.5. The van der Waals surface area contributed by atoms with Crippen molar-refractivity contribution in [3.05, 3.63) is 36.3 Å². The highest BCUT2D eigenvalue weighted by atomic mass is 16.5. The Labute approximate surface area is 156 Å². The van der Waals surface area contributed by atoms with Crippen molar-refractivity contribution in [1.29, 1.82) is 0 Å². The maximum absolute atomic E-state index is 5.75. The predicted molar refractivity (Wildman–Crippen MR) is 102 cm³/mol. The van der Waals surface area contributed by atoms with Crippen molar-refractivity contribution >= 4 is 28.2 Å². The maximum Gasteiger partial charge on any atom is 0.160 e. The third-order valence-electron chi connectivity index (χ3n) is 5.04. The first-order valence-corrected chi connectivity index (χ1v) is 9.39. The zero-order valence-electron chi connectivity index (χ0n) is 15.0. The third kappa shape index (κ3) is 3.33. The molecule has 0 bridgehead atoms. The number of nitrogens with one attached hydrogen (secondary N) is 2. The highest BCUT2D eigenvalue weighted by Crippen LogP contribution is 2.30. The standard InChI is InChI=1S/C19H22N6O2/c1-2-16(27-9-1)18-22-15-12-20-24-17(15)19(23-18)21-13-3-5-14(6-4-13)25-7-10-26-11-8-25/h3-6,12,16H,1-2,7-11H2,(H,20,24)(H,21,22,23). The summed E-state index contributed by atoms with van der Waals surface area (Å²) in [6.45, 7) is 4.19. The van der Waals surface area contributed by atoms with E-state index in [4.69, 9.17) is 14.5 Å². The van der Waals surface area contributed by atoms with Gasteiger partial charge in [0.1, 0.15) is 17.1 Å². The van der Waals surface area contributed by atoms with E-state index in [-0.39, 0.29) is 6.10 Å². The SMILES string of the molecule is c1cc(N2CCOCC2)ccc1Nc1nc(C2CCCO2)nc2cn[nH]c12. The van der Waals surface area contributed by atoms with Gasteiger partial charge in [0.25, 0.3) is 0 Å². The lowest BCUT2D eigenvalue weighted by Crippen LogP contribution is -2.36. The molecule has 0 amide bonds. The van der Waals surface area contributed by atoms with E-state index in [0.29, 0.717) is 5.82 Å². The van der Waals surface area contributed by atoms with Gasteiger partial charge in [0.2, 0.25) is 0 Å². The first kappa shape index (κ1) is 16.5. The monoisotopic (exact) mass is 366 g/mol. The highest BCUT2D eigenvalue weighted by Gasteiger charge is 2.22. The quantitative estimate of drug-likeness (QED) is 0.734. The molecule has 2 aliphatic heterocycles. The van der Waals surface area contributed by atoms with Crippen LogP contribution in [0.4, 0.5) is 17.2 Å². The van der Waals surface area contributed by atoms with Crippen LogP contribution in [-0.2, 0) is 9.47 Å². The molecule has 0 spiro atoms. The van der Waals surface area contributed by atoms with Crippen LogP contribution in [0.5, 0.6) is 0 Å². The van der Waals surface area contributed by atoms with E-state index in [1.807, 2.05) is 0 Å². The van der Waals surface area contributed by atoms with Crippen molar-refractivity contribution in [1.82, 2.24) is 20.2 Å². The Morgan fingerprint density at radius 1 is 1.07 bits per heavy atom. The van der Waals surface area contributed by atoms with Gasteiger partial charge in [-0.1, -0.05) is 0 Å². The molecule has 2 fully saturated rings. The van der Waals surface area contributed by atoms with Gasteiger partial charge in [-0.25, -0.2) is 9.97 Å². The van der Waals surface area contributed by atoms with Crippen LogP contribution in [0.15, 0.2) is 30.5 Å². The highest BCUT2D eigenvalue weighted by molar-refractivity contribution is 5.86. The molecule has 1 aromatic carbocycles. The molecule has 140 valence electrons. The van der Waals surface area contributed by atoms with Gasteiger partial charge >= 0.3 is 0 Å². The predicted octanol–water partition coefficient (Wildman–Crippen LogP) is 2.78. The van der Waals surface area contributed by atoms with E-state index in [9.17, 15) is 0 Å². The van der Waals surface area contributed by atoms with Gasteiger partial charge in [0.05, 0.1) is 19.4 Å². The van der Waals surface area contributed by atoms with Crippen LogP contribution < -0.4 is 10.2 Å². The summed E-state index contributed by atoms with van der Waals surface area (Å²) in [6.07, 6.45) is 3.69. The summed E-state index contributed by atoms with van der Waals surface area (Å²) >= 11 is 0. The summed E-state index contributed by atoms with van der Waals surface area (Å²) in [5.74, 6) is 1.44. The largest absolute Gasteiger partial charge is 0.378 e. The normalized spacial score (nSPS) is 20.3. The molecule has 3 aromatic rings. The minimum absolute atomic E-state index is 0.0338. The zero-order valence-corrected chi connectivity index (χ0v) is 15.0. The Kier molecular flexibility index (Phi) is 4.35. The third-order valence-corrected chi connectivity index (χ3v) is 5.04. The Hall–Kier alpha value is -2.71. The molecule has 5 rings (SSSR count). The van der Waals surface area contributed by atoms with Gasteiger partial charge in [-0.15, -0.1) is 0 Å². The van der Waals surface area contributed by atoms with E-state index < -0.39 is 0 Å². The molecule has 2 saturated heterocycles. The molecular weight excluding hydrogens is 344 g/mol. The molecule has 0 radical (unpaired) electrons. The molecule has 8 nitrogen and oxygen atoms in total. The van der Waals surface area contributed by atoms with Gasteiger partial charge in [-0.3, -0.25) is 5.10 Å². The molecule has 0 saturated carbocycles. The second kappa shape index (κ2) is 7.13. The zero-order chi connectivity index (χ0) is 18.1. The van der Waals surface area contributed by atoms with Crippen molar-refractivity contribution in [2.24, 2.45) is 0 Å². The van der Waals surface area contributed by atoms with Crippen molar-refractivity contribution in [2.75, 3.05) is 43.1 Å². The first-order chi connectivity index (χ1) is 13.4. The number of rotatable bonds is 4. The number of aromatic nitrogens is 4. The van der Waals surface area contributed by atoms with Crippen LogP contribution in [0.2, 0.25) is 0 Å². The lowest BCUT2D eigenvalue weighted by molar-refractivity contribution is 0.105. The van der Waals surface area contributed by atoms with Gasteiger partial charge in [-0.2, -0.15) is 5.10 Å².